The van der Waals surface area contributed by atoms with E-state index in [2.05, 4.69) is 10.3 Å². The van der Waals surface area contributed by atoms with E-state index in [-0.39, 0.29) is 5.82 Å². The number of halogens is 1. The molecule has 0 aliphatic heterocycles. The molecular weight excluding hydrogens is 217 g/mol. The van der Waals surface area contributed by atoms with Gasteiger partial charge in [-0.15, -0.1) is 0 Å². The largest absolute Gasteiger partial charge is 0.399 e. The van der Waals surface area contributed by atoms with Crippen LogP contribution in [0.5, 0.6) is 0 Å². The molecule has 0 spiro atoms. The van der Waals surface area contributed by atoms with Gasteiger partial charge in [0, 0.05) is 24.6 Å². The third-order valence-electron chi connectivity index (χ3n) is 2.47. The molecule has 0 bridgehead atoms. The first-order valence-corrected chi connectivity index (χ1v) is 5.43. The van der Waals surface area contributed by atoms with Gasteiger partial charge in [0.25, 0.3) is 0 Å². The van der Waals surface area contributed by atoms with E-state index in [1.165, 1.54) is 11.6 Å². The van der Waals surface area contributed by atoms with Crippen molar-refractivity contribution < 1.29 is 4.39 Å². The van der Waals surface area contributed by atoms with Gasteiger partial charge in [-0.05, 0) is 42.3 Å². The Labute approximate surface area is 99.5 Å². The van der Waals surface area contributed by atoms with Gasteiger partial charge in [-0.1, -0.05) is 0 Å². The number of aromatic nitrogens is 1. The molecule has 0 saturated carbocycles. The summed E-state index contributed by atoms with van der Waals surface area (Å²) in [5, 5.41) is 3.04. The van der Waals surface area contributed by atoms with E-state index in [9.17, 15) is 4.39 Å². The summed E-state index contributed by atoms with van der Waals surface area (Å²) >= 11 is 0. The van der Waals surface area contributed by atoms with E-state index in [0.29, 0.717) is 17.9 Å². The van der Waals surface area contributed by atoms with Gasteiger partial charge in [0.15, 0.2) is 0 Å². The van der Waals surface area contributed by atoms with Gasteiger partial charge >= 0.3 is 0 Å². The number of nitrogens with zero attached hydrogens (tertiary/aromatic N) is 1. The topological polar surface area (TPSA) is 50.9 Å². The minimum atomic E-state index is -0.320. The van der Waals surface area contributed by atoms with Crippen LogP contribution >= 0.6 is 0 Å². The summed E-state index contributed by atoms with van der Waals surface area (Å²) in [4.78, 5) is 3.94. The predicted octanol–water partition coefficient (Wildman–Crippen LogP) is 2.46. The monoisotopic (exact) mass is 231 g/mol. The van der Waals surface area contributed by atoms with Gasteiger partial charge < -0.3 is 11.1 Å². The van der Waals surface area contributed by atoms with Crippen molar-refractivity contribution in [2.45, 2.75) is 6.42 Å². The summed E-state index contributed by atoms with van der Waals surface area (Å²) < 4.78 is 13.4. The fraction of sp³-hybridized carbons (Fsp3) is 0.154. The third-order valence-corrected chi connectivity index (χ3v) is 2.47. The fourth-order valence-electron chi connectivity index (χ4n) is 1.57. The second-order valence-electron chi connectivity index (χ2n) is 3.77. The smallest absolute Gasteiger partial charge is 0.148 e. The molecule has 3 nitrogen and oxygen atoms in total. The van der Waals surface area contributed by atoms with Crippen molar-refractivity contribution in [3.63, 3.8) is 0 Å². The first kappa shape index (κ1) is 11.4. The lowest BCUT2D eigenvalue weighted by Crippen LogP contribution is -2.06. The number of hydrogen-bond acceptors (Lipinski definition) is 3. The van der Waals surface area contributed by atoms with Crippen molar-refractivity contribution in [1.29, 1.82) is 0 Å². The Bertz CT molecular complexity index is 485. The van der Waals surface area contributed by atoms with Gasteiger partial charge in [0.2, 0.25) is 0 Å². The van der Waals surface area contributed by atoms with Gasteiger partial charge in [0.1, 0.15) is 5.82 Å². The van der Waals surface area contributed by atoms with Gasteiger partial charge in [-0.25, -0.2) is 4.39 Å². The molecule has 1 heterocycles. The SMILES string of the molecule is Nc1ccc(NCCc2ccncc2)c(F)c1. The molecule has 1 aromatic carbocycles. The molecule has 17 heavy (non-hydrogen) atoms. The molecule has 2 rings (SSSR count). The van der Waals surface area contributed by atoms with Gasteiger partial charge in [0.05, 0.1) is 5.69 Å². The lowest BCUT2D eigenvalue weighted by Gasteiger charge is -2.07. The fourth-order valence-corrected chi connectivity index (χ4v) is 1.57. The normalized spacial score (nSPS) is 10.2. The molecule has 0 fully saturated rings. The molecule has 0 radical (unpaired) electrons. The number of nitrogens with one attached hydrogen (secondary N) is 1. The summed E-state index contributed by atoms with van der Waals surface area (Å²) in [7, 11) is 0. The summed E-state index contributed by atoms with van der Waals surface area (Å²) in [5.41, 5.74) is 7.55. The minimum Gasteiger partial charge on any atom is -0.399 e. The van der Waals surface area contributed by atoms with Crippen molar-refractivity contribution >= 4 is 11.4 Å². The Morgan fingerprint density at radius 2 is 1.94 bits per heavy atom. The summed E-state index contributed by atoms with van der Waals surface area (Å²) in [6, 6.07) is 8.53. The van der Waals surface area contributed by atoms with E-state index in [1.54, 1.807) is 24.5 Å². The van der Waals surface area contributed by atoms with E-state index < -0.39 is 0 Å². The molecule has 88 valence electrons. The molecule has 0 aliphatic rings. The average Bonchev–Trinajstić information content (AvgIpc) is 2.33. The average molecular weight is 231 g/mol. The van der Waals surface area contributed by atoms with Gasteiger partial charge in [-0.3, -0.25) is 4.98 Å². The van der Waals surface area contributed by atoms with Crippen LogP contribution in [0.15, 0.2) is 42.7 Å². The predicted molar refractivity (Wildman–Crippen MR) is 67.2 cm³/mol. The van der Waals surface area contributed by atoms with Crippen molar-refractivity contribution in [3.8, 4) is 0 Å². The molecule has 0 amide bonds. The quantitative estimate of drug-likeness (QED) is 0.795. The molecule has 1 aromatic heterocycles. The van der Waals surface area contributed by atoms with E-state index in [0.717, 1.165) is 6.42 Å². The number of hydrogen-bond donors (Lipinski definition) is 2. The van der Waals surface area contributed by atoms with Crippen LogP contribution in [0.1, 0.15) is 5.56 Å². The maximum atomic E-state index is 13.4. The zero-order chi connectivity index (χ0) is 12.1. The first-order chi connectivity index (χ1) is 8.25. The van der Waals surface area contributed by atoms with E-state index >= 15 is 0 Å². The molecule has 4 heteroatoms. The van der Waals surface area contributed by atoms with Crippen LogP contribution in [0.2, 0.25) is 0 Å². The first-order valence-electron chi connectivity index (χ1n) is 5.43. The summed E-state index contributed by atoms with van der Waals surface area (Å²) in [5.74, 6) is -0.320. The number of nitrogens with two attached hydrogens (primary N) is 1. The van der Waals surface area contributed by atoms with Crippen LogP contribution in [0, 0.1) is 5.82 Å². The Morgan fingerprint density at radius 3 is 2.65 bits per heavy atom. The third kappa shape index (κ3) is 3.17. The zero-order valence-electron chi connectivity index (χ0n) is 9.36. The molecule has 2 aromatic rings. The van der Waals surface area contributed by atoms with E-state index in [1.807, 2.05) is 12.1 Å². The summed E-state index contributed by atoms with van der Waals surface area (Å²) in [6.45, 7) is 0.671. The van der Waals surface area contributed by atoms with Crippen molar-refractivity contribution in [3.05, 3.63) is 54.1 Å². The highest BCUT2D eigenvalue weighted by molar-refractivity contribution is 5.52. The van der Waals surface area contributed by atoms with Crippen LogP contribution in [0.4, 0.5) is 15.8 Å². The Hall–Kier alpha value is -2.10. The molecule has 0 atom stereocenters. The van der Waals surface area contributed by atoms with Crippen LogP contribution in [0.3, 0.4) is 0 Å². The molecule has 0 saturated heterocycles. The highest BCUT2D eigenvalue weighted by atomic mass is 19.1. The standard InChI is InChI=1S/C13H14FN3/c14-12-9-11(15)1-2-13(12)17-8-5-10-3-6-16-7-4-10/h1-4,6-7,9,17H,5,8,15H2. The van der Waals surface area contributed by atoms with Gasteiger partial charge in [-0.2, -0.15) is 0 Å². The maximum absolute atomic E-state index is 13.4. The zero-order valence-corrected chi connectivity index (χ0v) is 9.36. The van der Waals surface area contributed by atoms with Crippen molar-refractivity contribution in [2.24, 2.45) is 0 Å². The highest BCUT2D eigenvalue weighted by Gasteiger charge is 2.01. The van der Waals surface area contributed by atoms with Crippen LogP contribution in [-0.4, -0.2) is 11.5 Å². The van der Waals surface area contributed by atoms with Crippen LogP contribution in [0.25, 0.3) is 0 Å². The van der Waals surface area contributed by atoms with E-state index in [4.69, 9.17) is 5.73 Å². The Kier molecular flexibility index (Phi) is 3.55. The van der Waals surface area contributed by atoms with Crippen LogP contribution in [-0.2, 0) is 6.42 Å². The Morgan fingerprint density at radius 1 is 1.18 bits per heavy atom. The number of nitrogen functional groups attached to an aromatic ring is 1. The maximum Gasteiger partial charge on any atom is 0.148 e. The van der Waals surface area contributed by atoms with Crippen molar-refractivity contribution in [1.82, 2.24) is 4.98 Å². The molecular formula is C13H14FN3. The summed E-state index contributed by atoms with van der Waals surface area (Å²) in [6.07, 6.45) is 4.32. The number of rotatable bonds is 4. The molecule has 3 N–H and O–H groups in total. The lowest BCUT2D eigenvalue weighted by atomic mass is 10.2. The highest BCUT2D eigenvalue weighted by Crippen LogP contribution is 2.16. The lowest BCUT2D eigenvalue weighted by molar-refractivity contribution is 0.631. The molecule has 0 aliphatic carbocycles. The number of anilines is 2. The molecule has 0 unspecified atom stereocenters. The second kappa shape index (κ2) is 5.30. The number of benzene rings is 1. The number of pyridine rings is 1. The minimum absolute atomic E-state index is 0.320. The van der Waals surface area contributed by atoms with Crippen LogP contribution < -0.4 is 11.1 Å². The Balaban J connectivity index is 1.90. The second-order valence-corrected chi connectivity index (χ2v) is 3.77. The van der Waals surface area contributed by atoms with Crippen molar-refractivity contribution in [2.75, 3.05) is 17.6 Å².